The van der Waals surface area contributed by atoms with Crippen LogP contribution in [-0.2, 0) is 4.74 Å². The quantitative estimate of drug-likeness (QED) is 0.850. The van der Waals surface area contributed by atoms with Crippen molar-refractivity contribution in [3.63, 3.8) is 0 Å². The van der Waals surface area contributed by atoms with Crippen molar-refractivity contribution in [2.75, 3.05) is 13.2 Å². The Labute approximate surface area is 101 Å². The minimum atomic E-state index is 0.291. The molecule has 0 spiro atoms. The van der Waals surface area contributed by atoms with Gasteiger partial charge in [0, 0.05) is 36.2 Å². The van der Waals surface area contributed by atoms with E-state index in [9.17, 15) is 0 Å². The summed E-state index contributed by atoms with van der Waals surface area (Å²) >= 11 is 0. The molecule has 0 saturated carbocycles. The summed E-state index contributed by atoms with van der Waals surface area (Å²) in [6.45, 7) is 1.52. The number of hydrogen-bond acceptors (Lipinski definition) is 2. The number of rotatable bonds is 3. The first-order valence-corrected chi connectivity index (χ1v) is 6.28. The number of aromatic nitrogens is 1. The SMILES string of the molecule is NCC(c1c[nH]c2ccccc12)C1CCCO1. The van der Waals surface area contributed by atoms with E-state index in [1.165, 1.54) is 16.5 Å². The zero-order chi connectivity index (χ0) is 11.7. The highest BCUT2D eigenvalue weighted by Crippen LogP contribution is 2.32. The normalized spacial score (nSPS) is 22.1. The van der Waals surface area contributed by atoms with Crippen molar-refractivity contribution in [1.29, 1.82) is 0 Å². The highest BCUT2D eigenvalue weighted by molar-refractivity contribution is 5.83. The number of nitrogens with two attached hydrogens (primary N) is 1. The molecule has 2 aromatic rings. The summed E-state index contributed by atoms with van der Waals surface area (Å²) in [5.74, 6) is 0.314. The Morgan fingerprint density at radius 2 is 2.29 bits per heavy atom. The second kappa shape index (κ2) is 4.51. The van der Waals surface area contributed by atoms with Crippen molar-refractivity contribution in [1.82, 2.24) is 4.98 Å². The lowest BCUT2D eigenvalue weighted by atomic mass is 9.91. The van der Waals surface area contributed by atoms with Crippen LogP contribution in [-0.4, -0.2) is 24.2 Å². The summed E-state index contributed by atoms with van der Waals surface area (Å²) < 4.78 is 5.78. The lowest BCUT2D eigenvalue weighted by Crippen LogP contribution is -2.25. The van der Waals surface area contributed by atoms with Crippen molar-refractivity contribution in [2.24, 2.45) is 5.73 Å². The van der Waals surface area contributed by atoms with Crippen molar-refractivity contribution in [2.45, 2.75) is 24.9 Å². The van der Waals surface area contributed by atoms with Crippen molar-refractivity contribution < 1.29 is 4.74 Å². The molecule has 0 aliphatic carbocycles. The van der Waals surface area contributed by atoms with Gasteiger partial charge in [0.15, 0.2) is 0 Å². The van der Waals surface area contributed by atoms with Gasteiger partial charge in [0.2, 0.25) is 0 Å². The van der Waals surface area contributed by atoms with Gasteiger partial charge in [0.25, 0.3) is 0 Å². The van der Waals surface area contributed by atoms with Gasteiger partial charge >= 0.3 is 0 Å². The molecule has 0 bridgehead atoms. The molecule has 1 aliphatic rings. The fourth-order valence-corrected chi connectivity index (χ4v) is 2.80. The third kappa shape index (κ3) is 1.85. The van der Waals surface area contributed by atoms with Crippen LogP contribution in [0, 0.1) is 0 Å². The number of nitrogens with one attached hydrogen (secondary N) is 1. The van der Waals surface area contributed by atoms with Gasteiger partial charge in [0.05, 0.1) is 6.10 Å². The van der Waals surface area contributed by atoms with Gasteiger partial charge in [-0.3, -0.25) is 0 Å². The number of H-pyrrole nitrogens is 1. The third-order valence-corrected chi connectivity index (χ3v) is 3.69. The first-order chi connectivity index (χ1) is 8.40. The molecule has 1 aliphatic heterocycles. The second-order valence-electron chi connectivity index (χ2n) is 4.68. The number of ether oxygens (including phenoxy) is 1. The molecule has 17 heavy (non-hydrogen) atoms. The third-order valence-electron chi connectivity index (χ3n) is 3.69. The van der Waals surface area contributed by atoms with E-state index in [-0.39, 0.29) is 0 Å². The molecule has 2 atom stereocenters. The maximum absolute atomic E-state index is 5.94. The molecule has 0 radical (unpaired) electrons. The summed E-state index contributed by atoms with van der Waals surface area (Å²) in [5, 5.41) is 1.28. The molecule has 3 heteroatoms. The molecule has 3 N–H and O–H groups in total. The Bertz CT molecular complexity index is 500. The average Bonchev–Trinajstić information content (AvgIpc) is 3.01. The number of fused-ring (bicyclic) bond motifs is 1. The standard InChI is InChI=1S/C14H18N2O/c15-8-11(14-6-3-7-17-14)12-9-16-13-5-2-1-4-10(12)13/h1-2,4-5,9,11,14,16H,3,6-8,15H2. The zero-order valence-corrected chi connectivity index (χ0v) is 9.86. The largest absolute Gasteiger partial charge is 0.378 e. The molecule has 2 unspecified atom stereocenters. The second-order valence-corrected chi connectivity index (χ2v) is 4.68. The van der Waals surface area contributed by atoms with Crippen LogP contribution in [0.4, 0.5) is 0 Å². The van der Waals surface area contributed by atoms with Gasteiger partial charge < -0.3 is 15.5 Å². The summed E-state index contributed by atoms with van der Waals surface area (Å²) in [6, 6.07) is 8.37. The predicted octanol–water partition coefficient (Wildman–Crippen LogP) is 2.39. The molecule has 3 nitrogen and oxygen atoms in total. The van der Waals surface area contributed by atoms with Crippen LogP contribution in [0.3, 0.4) is 0 Å². The van der Waals surface area contributed by atoms with E-state index in [0.29, 0.717) is 18.6 Å². The van der Waals surface area contributed by atoms with Gasteiger partial charge in [-0.15, -0.1) is 0 Å². The molecular formula is C14H18N2O. The monoisotopic (exact) mass is 230 g/mol. The van der Waals surface area contributed by atoms with E-state index in [2.05, 4.69) is 29.4 Å². The summed E-state index contributed by atoms with van der Waals surface area (Å²) in [7, 11) is 0. The van der Waals surface area contributed by atoms with E-state index in [0.717, 1.165) is 19.4 Å². The van der Waals surface area contributed by atoms with Crippen LogP contribution in [0.15, 0.2) is 30.5 Å². The number of benzene rings is 1. The van der Waals surface area contributed by atoms with Crippen LogP contribution in [0.25, 0.3) is 10.9 Å². The smallest absolute Gasteiger partial charge is 0.0657 e. The highest BCUT2D eigenvalue weighted by Gasteiger charge is 2.27. The Hall–Kier alpha value is -1.32. The summed E-state index contributed by atoms with van der Waals surface area (Å²) in [6.07, 6.45) is 4.66. The lowest BCUT2D eigenvalue weighted by molar-refractivity contribution is 0.0909. The summed E-state index contributed by atoms with van der Waals surface area (Å²) in [5.41, 5.74) is 8.42. The fourth-order valence-electron chi connectivity index (χ4n) is 2.80. The van der Waals surface area contributed by atoms with Gasteiger partial charge in [-0.1, -0.05) is 18.2 Å². The van der Waals surface area contributed by atoms with Gasteiger partial charge in [0.1, 0.15) is 0 Å². The van der Waals surface area contributed by atoms with E-state index in [1.807, 2.05) is 6.07 Å². The van der Waals surface area contributed by atoms with Crippen LogP contribution in [0.2, 0.25) is 0 Å². The van der Waals surface area contributed by atoms with Crippen LogP contribution in [0.5, 0.6) is 0 Å². The highest BCUT2D eigenvalue weighted by atomic mass is 16.5. The van der Waals surface area contributed by atoms with Gasteiger partial charge in [-0.25, -0.2) is 0 Å². The molecular weight excluding hydrogens is 212 g/mol. The van der Waals surface area contributed by atoms with Crippen molar-refractivity contribution in [3.05, 3.63) is 36.0 Å². The molecule has 3 rings (SSSR count). The Morgan fingerprint density at radius 3 is 3.06 bits per heavy atom. The average molecular weight is 230 g/mol. The van der Waals surface area contributed by atoms with Crippen LogP contribution in [0.1, 0.15) is 24.3 Å². The molecule has 1 aromatic carbocycles. The topological polar surface area (TPSA) is 51.0 Å². The van der Waals surface area contributed by atoms with E-state index in [4.69, 9.17) is 10.5 Å². The fraction of sp³-hybridized carbons (Fsp3) is 0.429. The van der Waals surface area contributed by atoms with Crippen molar-refractivity contribution >= 4 is 10.9 Å². The maximum atomic E-state index is 5.94. The number of hydrogen-bond donors (Lipinski definition) is 2. The molecule has 90 valence electrons. The first-order valence-electron chi connectivity index (χ1n) is 6.28. The minimum Gasteiger partial charge on any atom is -0.378 e. The number of para-hydroxylation sites is 1. The molecule has 2 heterocycles. The Kier molecular flexibility index (Phi) is 2.87. The minimum absolute atomic E-state index is 0.291. The zero-order valence-electron chi connectivity index (χ0n) is 9.86. The van der Waals surface area contributed by atoms with E-state index < -0.39 is 0 Å². The van der Waals surface area contributed by atoms with Crippen molar-refractivity contribution in [3.8, 4) is 0 Å². The lowest BCUT2D eigenvalue weighted by Gasteiger charge is -2.20. The predicted molar refractivity (Wildman–Crippen MR) is 69.1 cm³/mol. The van der Waals surface area contributed by atoms with Gasteiger partial charge in [-0.05, 0) is 24.5 Å². The van der Waals surface area contributed by atoms with E-state index in [1.54, 1.807) is 0 Å². The Balaban J connectivity index is 2.00. The van der Waals surface area contributed by atoms with E-state index >= 15 is 0 Å². The Morgan fingerprint density at radius 1 is 1.41 bits per heavy atom. The summed E-state index contributed by atoms with van der Waals surface area (Å²) in [4.78, 5) is 3.32. The van der Waals surface area contributed by atoms with Crippen LogP contribution >= 0.6 is 0 Å². The van der Waals surface area contributed by atoms with Gasteiger partial charge in [-0.2, -0.15) is 0 Å². The molecule has 1 fully saturated rings. The van der Waals surface area contributed by atoms with Crippen LogP contribution < -0.4 is 5.73 Å². The maximum Gasteiger partial charge on any atom is 0.0657 e. The number of aromatic amines is 1. The molecule has 0 amide bonds. The first kappa shape index (κ1) is 10.8. The molecule has 1 saturated heterocycles. The molecule has 1 aromatic heterocycles.